The minimum atomic E-state index is -0.488. The Morgan fingerprint density at radius 2 is 2.08 bits per heavy atom. The van der Waals surface area contributed by atoms with Crippen LogP contribution in [0.5, 0.6) is 5.75 Å². The van der Waals surface area contributed by atoms with Crippen molar-refractivity contribution < 1.29 is 14.3 Å². The first-order chi connectivity index (χ1) is 11.6. The zero-order valence-electron chi connectivity index (χ0n) is 13.8. The van der Waals surface area contributed by atoms with Crippen LogP contribution < -0.4 is 10.1 Å². The average molecular weight is 346 g/mol. The van der Waals surface area contributed by atoms with Crippen LogP contribution in [0.3, 0.4) is 0 Å². The van der Waals surface area contributed by atoms with Crippen molar-refractivity contribution in [1.82, 2.24) is 0 Å². The molecule has 5 heteroatoms. The van der Waals surface area contributed by atoms with Crippen molar-refractivity contribution in [3.8, 4) is 5.75 Å². The van der Waals surface area contributed by atoms with Crippen molar-refractivity contribution in [1.29, 1.82) is 0 Å². The zero-order valence-corrected chi connectivity index (χ0v) is 14.5. The molecule has 1 aliphatic rings. The molecule has 126 valence electrons. The minimum Gasteiger partial charge on any atom is -0.487 e. The summed E-state index contributed by atoms with van der Waals surface area (Å²) in [4.78, 5) is 11.6. The fraction of sp³-hybridized carbons (Fsp3) is 0.316. The van der Waals surface area contributed by atoms with E-state index in [-0.39, 0.29) is 0 Å². The zero-order chi connectivity index (χ0) is 17.1. The van der Waals surface area contributed by atoms with E-state index in [0.717, 1.165) is 16.8 Å². The van der Waals surface area contributed by atoms with Crippen LogP contribution in [0.4, 0.5) is 10.5 Å². The molecule has 2 aromatic carbocycles. The van der Waals surface area contributed by atoms with Gasteiger partial charge >= 0.3 is 6.09 Å². The Balaban J connectivity index is 1.85. The van der Waals surface area contributed by atoms with Gasteiger partial charge in [0.15, 0.2) is 0 Å². The second-order valence-corrected chi connectivity index (χ2v) is 6.39. The molecule has 2 aromatic rings. The van der Waals surface area contributed by atoms with Crippen LogP contribution in [0.15, 0.2) is 36.4 Å². The van der Waals surface area contributed by atoms with Crippen molar-refractivity contribution in [2.75, 3.05) is 12.4 Å². The Kier molecular flexibility index (Phi) is 4.95. The Morgan fingerprint density at radius 1 is 1.29 bits per heavy atom. The van der Waals surface area contributed by atoms with Gasteiger partial charge in [0.05, 0.1) is 17.8 Å². The topological polar surface area (TPSA) is 47.6 Å². The third kappa shape index (κ3) is 3.82. The second kappa shape index (κ2) is 7.14. The molecule has 0 spiro atoms. The van der Waals surface area contributed by atoms with Crippen molar-refractivity contribution in [2.24, 2.45) is 0 Å². The van der Waals surface area contributed by atoms with E-state index < -0.39 is 6.09 Å². The summed E-state index contributed by atoms with van der Waals surface area (Å²) in [6.45, 7) is 2.32. The lowest BCUT2D eigenvalue weighted by Gasteiger charge is -2.16. The van der Waals surface area contributed by atoms with Crippen LogP contribution in [0, 0.1) is 6.92 Å². The number of halogens is 1. The number of ether oxygens (including phenoxy) is 2. The summed E-state index contributed by atoms with van der Waals surface area (Å²) in [7, 11) is 1.35. The number of rotatable bonds is 5. The highest BCUT2D eigenvalue weighted by molar-refractivity contribution is 6.32. The number of carbonyl (C=O) groups is 1. The highest BCUT2D eigenvalue weighted by Crippen LogP contribution is 2.43. The van der Waals surface area contributed by atoms with Gasteiger partial charge in [-0.05, 0) is 55.0 Å². The number of carbonyl (C=O) groups excluding carboxylic acids is 1. The molecular weight excluding hydrogens is 326 g/mol. The maximum atomic E-state index is 11.6. The molecule has 0 atom stereocenters. The third-order valence-electron chi connectivity index (χ3n) is 4.11. The third-order valence-corrected chi connectivity index (χ3v) is 4.41. The Labute approximate surface area is 146 Å². The Hall–Kier alpha value is -2.20. The van der Waals surface area contributed by atoms with Gasteiger partial charge in [0.25, 0.3) is 0 Å². The molecule has 3 rings (SSSR count). The lowest BCUT2D eigenvalue weighted by molar-refractivity contribution is 0.187. The molecule has 0 radical (unpaired) electrons. The number of methoxy groups -OCH3 is 1. The molecule has 0 heterocycles. The first-order valence-corrected chi connectivity index (χ1v) is 8.32. The van der Waals surface area contributed by atoms with Gasteiger partial charge in [-0.25, -0.2) is 4.79 Å². The summed E-state index contributed by atoms with van der Waals surface area (Å²) in [6.07, 6.45) is 1.84. The molecule has 1 fully saturated rings. The normalized spacial score (nSPS) is 13.5. The maximum absolute atomic E-state index is 11.6. The largest absolute Gasteiger partial charge is 0.487 e. The van der Waals surface area contributed by atoms with Gasteiger partial charge in [-0.15, -0.1) is 0 Å². The lowest BCUT2D eigenvalue weighted by Crippen LogP contribution is -2.14. The molecule has 1 N–H and O–H groups in total. The second-order valence-electron chi connectivity index (χ2n) is 5.99. The van der Waals surface area contributed by atoms with E-state index in [1.807, 2.05) is 37.3 Å². The monoisotopic (exact) mass is 345 g/mol. The highest BCUT2D eigenvalue weighted by atomic mass is 35.5. The van der Waals surface area contributed by atoms with Crippen LogP contribution in [-0.2, 0) is 11.3 Å². The summed E-state index contributed by atoms with van der Waals surface area (Å²) in [5, 5.41) is 3.35. The van der Waals surface area contributed by atoms with Gasteiger partial charge in [-0.2, -0.15) is 0 Å². The fourth-order valence-electron chi connectivity index (χ4n) is 2.69. The Bertz CT molecular complexity index is 756. The van der Waals surface area contributed by atoms with Gasteiger partial charge < -0.3 is 9.47 Å². The van der Waals surface area contributed by atoms with Crippen LogP contribution in [0.2, 0.25) is 5.02 Å². The number of aryl methyl sites for hydroxylation is 1. The van der Waals surface area contributed by atoms with Crippen LogP contribution in [0.1, 0.15) is 35.4 Å². The van der Waals surface area contributed by atoms with Crippen molar-refractivity contribution >= 4 is 23.4 Å². The number of amides is 1. The summed E-state index contributed by atoms with van der Waals surface area (Å²) in [5.41, 5.74) is 3.99. The van der Waals surface area contributed by atoms with E-state index >= 15 is 0 Å². The molecule has 1 aliphatic carbocycles. The van der Waals surface area contributed by atoms with Crippen LogP contribution in [-0.4, -0.2) is 13.2 Å². The molecule has 0 unspecified atom stereocenters. The van der Waals surface area contributed by atoms with Gasteiger partial charge in [-0.3, -0.25) is 5.32 Å². The first-order valence-electron chi connectivity index (χ1n) is 7.94. The molecule has 0 saturated heterocycles. The van der Waals surface area contributed by atoms with E-state index in [1.54, 1.807) is 0 Å². The van der Waals surface area contributed by atoms with E-state index in [9.17, 15) is 4.79 Å². The number of anilines is 1. The van der Waals surface area contributed by atoms with Gasteiger partial charge in [0.2, 0.25) is 0 Å². The summed E-state index contributed by atoms with van der Waals surface area (Å²) >= 11 is 6.24. The summed E-state index contributed by atoms with van der Waals surface area (Å²) < 4.78 is 10.6. The van der Waals surface area contributed by atoms with Gasteiger partial charge in [0.1, 0.15) is 12.4 Å². The molecule has 0 aliphatic heterocycles. The number of nitrogens with one attached hydrogen (secondary N) is 1. The van der Waals surface area contributed by atoms with Crippen molar-refractivity contribution in [2.45, 2.75) is 32.3 Å². The molecule has 24 heavy (non-hydrogen) atoms. The van der Waals surface area contributed by atoms with Crippen LogP contribution in [0.25, 0.3) is 0 Å². The summed E-state index contributed by atoms with van der Waals surface area (Å²) in [5.74, 6) is 1.17. The molecular formula is C19H20ClNO3. The summed E-state index contributed by atoms with van der Waals surface area (Å²) in [6, 6.07) is 11.6. The number of benzene rings is 2. The SMILES string of the molecule is COC(=O)Nc1cccc(C2CC2)c1COc1ccc(C)cc1Cl. The van der Waals surface area contributed by atoms with E-state index in [4.69, 9.17) is 21.1 Å². The van der Waals surface area contributed by atoms with Gasteiger partial charge in [0, 0.05) is 5.56 Å². The fourth-order valence-corrected chi connectivity index (χ4v) is 2.98. The molecule has 1 saturated carbocycles. The quantitative estimate of drug-likeness (QED) is 0.801. The van der Waals surface area contributed by atoms with Crippen molar-refractivity contribution in [3.05, 3.63) is 58.1 Å². The van der Waals surface area contributed by atoms with Crippen molar-refractivity contribution in [3.63, 3.8) is 0 Å². The molecule has 4 nitrogen and oxygen atoms in total. The molecule has 0 bridgehead atoms. The minimum absolute atomic E-state index is 0.342. The van der Waals surface area contributed by atoms with E-state index in [0.29, 0.717) is 23.3 Å². The van der Waals surface area contributed by atoms with E-state index in [2.05, 4.69) is 11.4 Å². The Morgan fingerprint density at radius 3 is 2.75 bits per heavy atom. The average Bonchev–Trinajstić information content (AvgIpc) is 3.39. The first kappa shape index (κ1) is 16.7. The number of hydrogen-bond acceptors (Lipinski definition) is 3. The molecule has 1 amide bonds. The molecule has 0 aromatic heterocycles. The van der Waals surface area contributed by atoms with Crippen LogP contribution >= 0.6 is 11.6 Å². The maximum Gasteiger partial charge on any atom is 0.411 e. The van der Waals surface area contributed by atoms with E-state index in [1.165, 1.54) is 25.5 Å². The standard InChI is InChI=1S/C19H20ClNO3/c1-12-6-9-18(16(20)10-12)24-11-15-14(13-7-8-13)4-3-5-17(15)21-19(22)23-2/h3-6,9-10,13H,7-8,11H2,1-2H3,(H,21,22). The number of hydrogen-bond donors (Lipinski definition) is 1. The predicted molar refractivity (Wildman–Crippen MR) is 95.0 cm³/mol. The predicted octanol–water partition coefficient (Wildman–Crippen LogP) is 5.28. The highest BCUT2D eigenvalue weighted by Gasteiger charge is 2.27. The van der Waals surface area contributed by atoms with Gasteiger partial charge in [-0.1, -0.05) is 29.8 Å². The smallest absolute Gasteiger partial charge is 0.411 e. The lowest BCUT2D eigenvalue weighted by atomic mass is 10.0.